The quantitative estimate of drug-likeness (QED) is 0.623. The number of hydrogen-bond acceptors (Lipinski definition) is 6. The van der Waals surface area contributed by atoms with Crippen LogP contribution in [0.3, 0.4) is 0 Å². The number of benzene rings is 1. The molecule has 160 valence electrons. The summed E-state index contributed by atoms with van der Waals surface area (Å²) >= 11 is 1.07. The van der Waals surface area contributed by atoms with E-state index >= 15 is 0 Å². The molecule has 0 aliphatic carbocycles. The SMILES string of the molecule is O=C(C[C@@H]1Sc2ccc(C(F)(F)F)cc2NC1=O)NCc1ccc(-n2cncn2)nc1. The van der Waals surface area contributed by atoms with E-state index in [0.717, 1.165) is 29.5 Å². The lowest BCUT2D eigenvalue weighted by molar-refractivity contribution is -0.137. The summed E-state index contributed by atoms with van der Waals surface area (Å²) < 4.78 is 40.0. The minimum atomic E-state index is -4.50. The van der Waals surface area contributed by atoms with Crippen LogP contribution in [-0.2, 0) is 22.3 Å². The Morgan fingerprint density at radius 1 is 1.26 bits per heavy atom. The van der Waals surface area contributed by atoms with Gasteiger partial charge in [0.1, 0.15) is 12.7 Å². The lowest BCUT2D eigenvalue weighted by Crippen LogP contribution is -2.34. The molecular weight excluding hydrogens is 433 g/mol. The summed E-state index contributed by atoms with van der Waals surface area (Å²) in [7, 11) is 0. The highest BCUT2D eigenvalue weighted by atomic mass is 32.2. The molecule has 12 heteroatoms. The normalized spacial score (nSPS) is 15.8. The van der Waals surface area contributed by atoms with Gasteiger partial charge in [-0.1, -0.05) is 6.07 Å². The molecule has 1 aromatic carbocycles. The summed E-state index contributed by atoms with van der Waals surface area (Å²) in [5.41, 5.74) is 0.00908. The van der Waals surface area contributed by atoms with Gasteiger partial charge in [-0.3, -0.25) is 9.59 Å². The van der Waals surface area contributed by atoms with Gasteiger partial charge in [0.15, 0.2) is 5.82 Å². The number of carbonyl (C=O) groups excluding carboxylic acids is 2. The van der Waals surface area contributed by atoms with Gasteiger partial charge >= 0.3 is 6.18 Å². The van der Waals surface area contributed by atoms with Crippen molar-refractivity contribution in [3.63, 3.8) is 0 Å². The van der Waals surface area contributed by atoms with Gasteiger partial charge in [-0.25, -0.2) is 14.6 Å². The van der Waals surface area contributed by atoms with Crippen molar-refractivity contribution in [1.29, 1.82) is 0 Å². The molecule has 0 bridgehead atoms. The second-order valence-corrected chi connectivity index (χ2v) is 7.89. The maximum absolute atomic E-state index is 12.8. The average molecular weight is 448 g/mol. The van der Waals surface area contributed by atoms with Crippen LogP contribution in [0.2, 0.25) is 0 Å². The highest BCUT2D eigenvalue weighted by molar-refractivity contribution is 8.01. The van der Waals surface area contributed by atoms with Crippen molar-refractivity contribution < 1.29 is 22.8 Å². The summed E-state index contributed by atoms with van der Waals surface area (Å²) in [6.45, 7) is 0.216. The number of hydrogen-bond donors (Lipinski definition) is 2. The van der Waals surface area contributed by atoms with E-state index in [-0.39, 0.29) is 24.6 Å². The van der Waals surface area contributed by atoms with Crippen LogP contribution in [0.5, 0.6) is 0 Å². The third-order valence-electron chi connectivity index (χ3n) is 4.45. The highest BCUT2D eigenvalue weighted by Crippen LogP contribution is 2.40. The largest absolute Gasteiger partial charge is 0.416 e. The van der Waals surface area contributed by atoms with E-state index < -0.39 is 22.9 Å². The Hall–Kier alpha value is -3.41. The van der Waals surface area contributed by atoms with E-state index in [1.165, 1.54) is 23.4 Å². The second kappa shape index (κ2) is 8.38. The van der Waals surface area contributed by atoms with Crippen LogP contribution in [0.15, 0.2) is 54.1 Å². The number of nitrogens with one attached hydrogen (secondary N) is 2. The molecular formula is C19H15F3N6O2S. The Balaban J connectivity index is 1.33. The molecule has 0 fully saturated rings. The minimum absolute atomic E-state index is 0.0972. The smallest absolute Gasteiger partial charge is 0.352 e. The summed E-state index contributed by atoms with van der Waals surface area (Å²) in [6.07, 6.45) is -0.111. The molecule has 3 aromatic rings. The molecule has 0 radical (unpaired) electrons. The van der Waals surface area contributed by atoms with E-state index in [1.807, 2.05) is 0 Å². The Morgan fingerprint density at radius 2 is 2.10 bits per heavy atom. The molecule has 2 amide bonds. The minimum Gasteiger partial charge on any atom is -0.352 e. The van der Waals surface area contributed by atoms with Crippen LogP contribution < -0.4 is 10.6 Å². The number of thioether (sulfide) groups is 1. The van der Waals surface area contributed by atoms with Gasteiger partial charge in [-0.2, -0.15) is 18.3 Å². The summed E-state index contributed by atoms with van der Waals surface area (Å²) in [5, 5.41) is 8.41. The molecule has 1 aliphatic heterocycles. The van der Waals surface area contributed by atoms with Gasteiger partial charge in [-0.15, -0.1) is 11.8 Å². The van der Waals surface area contributed by atoms with Gasteiger partial charge in [0.2, 0.25) is 11.8 Å². The van der Waals surface area contributed by atoms with Gasteiger partial charge in [-0.05, 0) is 29.8 Å². The number of amides is 2. The van der Waals surface area contributed by atoms with Crippen LogP contribution in [0.1, 0.15) is 17.5 Å². The van der Waals surface area contributed by atoms with E-state index in [0.29, 0.717) is 10.7 Å². The summed E-state index contributed by atoms with van der Waals surface area (Å²) in [5.74, 6) is -0.288. The van der Waals surface area contributed by atoms with E-state index in [2.05, 4.69) is 25.7 Å². The van der Waals surface area contributed by atoms with Crippen LogP contribution in [0.25, 0.3) is 5.82 Å². The zero-order valence-electron chi connectivity index (χ0n) is 15.8. The maximum atomic E-state index is 12.8. The van der Waals surface area contributed by atoms with Gasteiger partial charge < -0.3 is 10.6 Å². The maximum Gasteiger partial charge on any atom is 0.416 e. The number of alkyl halides is 3. The van der Waals surface area contributed by atoms with Crippen LogP contribution in [0.4, 0.5) is 18.9 Å². The second-order valence-electron chi connectivity index (χ2n) is 6.65. The monoisotopic (exact) mass is 448 g/mol. The fourth-order valence-electron chi connectivity index (χ4n) is 2.89. The van der Waals surface area contributed by atoms with Crippen LogP contribution in [-0.4, -0.2) is 36.8 Å². The van der Waals surface area contributed by atoms with Crippen molar-refractivity contribution in [3.05, 3.63) is 60.3 Å². The lowest BCUT2D eigenvalue weighted by Gasteiger charge is -2.24. The average Bonchev–Trinajstić information content (AvgIpc) is 3.27. The molecule has 8 nitrogen and oxygen atoms in total. The van der Waals surface area contributed by atoms with Crippen molar-refractivity contribution >= 4 is 29.3 Å². The Bertz CT molecular complexity index is 1100. The fraction of sp³-hybridized carbons (Fsp3) is 0.211. The number of nitrogens with zero attached hydrogens (tertiary/aromatic N) is 4. The number of rotatable bonds is 5. The van der Waals surface area contributed by atoms with E-state index in [9.17, 15) is 22.8 Å². The zero-order chi connectivity index (χ0) is 22.0. The Morgan fingerprint density at radius 3 is 2.77 bits per heavy atom. The van der Waals surface area contributed by atoms with Crippen LogP contribution in [0, 0.1) is 0 Å². The number of carbonyl (C=O) groups is 2. The van der Waals surface area contributed by atoms with Gasteiger partial charge in [0.05, 0.1) is 16.5 Å². The predicted molar refractivity (Wildman–Crippen MR) is 105 cm³/mol. The molecule has 4 rings (SSSR count). The first kappa shape index (κ1) is 20.8. The molecule has 0 saturated heterocycles. The first-order valence-corrected chi connectivity index (χ1v) is 9.93. The van der Waals surface area contributed by atoms with Crippen molar-refractivity contribution in [2.75, 3.05) is 5.32 Å². The number of pyridine rings is 1. The molecule has 3 heterocycles. The Labute approximate surface area is 178 Å². The summed E-state index contributed by atoms with van der Waals surface area (Å²) in [4.78, 5) is 33.1. The lowest BCUT2D eigenvalue weighted by atomic mass is 10.1. The van der Waals surface area contributed by atoms with E-state index in [1.54, 1.807) is 18.3 Å². The van der Waals surface area contributed by atoms with Crippen molar-refractivity contribution in [1.82, 2.24) is 25.1 Å². The molecule has 0 saturated carbocycles. The van der Waals surface area contributed by atoms with Crippen molar-refractivity contribution in [2.45, 2.75) is 29.3 Å². The fourth-order valence-corrected chi connectivity index (χ4v) is 3.98. The molecule has 2 aromatic heterocycles. The van der Waals surface area contributed by atoms with Crippen molar-refractivity contribution in [3.8, 4) is 5.82 Å². The number of aromatic nitrogens is 4. The number of anilines is 1. The zero-order valence-corrected chi connectivity index (χ0v) is 16.6. The standard InChI is InChI=1S/C19H15F3N6O2S/c20-19(21,22)12-2-3-14-13(5-12)27-18(30)15(31-14)6-17(29)25-8-11-1-4-16(24-7-11)28-10-23-9-26-28/h1-5,7,9-10,15H,6,8H2,(H,25,29)(H,27,30)/t15-/m0/s1. The topological polar surface area (TPSA) is 102 Å². The molecule has 1 aliphatic rings. The molecule has 0 unspecified atom stereocenters. The predicted octanol–water partition coefficient (Wildman–Crippen LogP) is 2.80. The van der Waals surface area contributed by atoms with Crippen LogP contribution >= 0.6 is 11.8 Å². The molecule has 2 N–H and O–H groups in total. The number of fused-ring (bicyclic) bond motifs is 1. The molecule has 31 heavy (non-hydrogen) atoms. The molecule has 0 spiro atoms. The third kappa shape index (κ3) is 4.85. The Kier molecular flexibility index (Phi) is 5.63. The molecule has 1 atom stereocenters. The third-order valence-corrected chi connectivity index (χ3v) is 5.72. The van der Waals surface area contributed by atoms with E-state index in [4.69, 9.17) is 0 Å². The first-order valence-electron chi connectivity index (χ1n) is 9.05. The van der Waals surface area contributed by atoms with Gasteiger partial charge in [0.25, 0.3) is 0 Å². The first-order chi connectivity index (χ1) is 14.8. The highest BCUT2D eigenvalue weighted by Gasteiger charge is 2.34. The van der Waals surface area contributed by atoms with Crippen molar-refractivity contribution in [2.24, 2.45) is 0 Å². The van der Waals surface area contributed by atoms with Gasteiger partial charge in [0, 0.05) is 24.1 Å². The summed E-state index contributed by atoms with van der Waals surface area (Å²) in [6, 6.07) is 6.66. The number of halogens is 3.